The summed E-state index contributed by atoms with van der Waals surface area (Å²) in [5.74, 6) is 0.732. The van der Waals surface area contributed by atoms with Gasteiger partial charge in [-0.1, -0.05) is 6.92 Å². The molecule has 1 unspecified atom stereocenters. The summed E-state index contributed by atoms with van der Waals surface area (Å²) in [6, 6.07) is -0.324. The summed E-state index contributed by atoms with van der Waals surface area (Å²) in [6.07, 6.45) is 2.50. The number of nitrogens with one attached hydrogen (secondary N) is 2. The van der Waals surface area contributed by atoms with Crippen LogP contribution in [-0.2, 0) is 14.6 Å². The molecule has 1 fully saturated rings. The molecule has 0 aromatic heterocycles. The molecule has 6 heteroatoms. The van der Waals surface area contributed by atoms with Crippen LogP contribution < -0.4 is 10.6 Å². The molecule has 0 saturated heterocycles. The zero-order valence-corrected chi connectivity index (χ0v) is 11.3. The summed E-state index contributed by atoms with van der Waals surface area (Å²) >= 11 is 0. The summed E-state index contributed by atoms with van der Waals surface area (Å²) in [4.78, 5) is 11.5. The van der Waals surface area contributed by atoms with Gasteiger partial charge in [0.05, 0.1) is 12.3 Å². The summed E-state index contributed by atoms with van der Waals surface area (Å²) < 4.78 is 22.7. The smallest absolute Gasteiger partial charge is 0.234 e. The van der Waals surface area contributed by atoms with E-state index < -0.39 is 9.84 Å². The number of hydrogen-bond acceptors (Lipinski definition) is 4. The largest absolute Gasteiger partial charge is 0.352 e. The Labute approximate surface area is 103 Å². The van der Waals surface area contributed by atoms with Crippen LogP contribution in [0.25, 0.3) is 0 Å². The number of rotatable bonds is 8. The molecule has 0 bridgehead atoms. The average Bonchev–Trinajstić information content (AvgIpc) is 3.00. The van der Waals surface area contributed by atoms with Crippen LogP contribution in [-0.4, -0.2) is 45.0 Å². The molecule has 1 amide bonds. The van der Waals surface area contributed by atoms with Crippen LogP contribution in [0.5, 0.6) is 0 Å². The molecule has 0 spiro atoms. The third-order valence-electron chi connectivity index (χ3n) is 2.77. The van der Waals surface area contributed by atoms with Gasteiger partial charge in [-0.15, -0.1) is 0 Å². The maximum atomic E-state index is 11.5. The van der Waals surface area contributed by atoms with Gasteiger partial charge in [-0.05, 0) is 32.2 Å². The van der Waals surface area contributed by atoms with Crippen LogP contribution in [0.1, 0.15) is 26.7 Å². The SMILES string of the molecule is CCS(=O)(=O)CC(C)NC(=O)CNCC1CC1. The van der Waals surface area contributed by atoms with Gasteiger partial charge >= 0.3 is 0 Å². The summed E-state index contributed by atoms with van der Waals surface area (Å²) in [6.45, 7) is 4.48. The van der Waals surface area contributed by atoms with E-state index >= 15 is 0 Å². The van der Waals surface area contributed by atoms with E-state index in [1.54, 1.807) is 13.8 Å². The van der Waals surface area contributed by atoms with Crippen molar-refractivity contribution in [2.45, 2.75) is 32.7 Å². The lowest BCUT2D eigenvalue weighted by molar-refractivity contribution is -0.120. The van der Waals surface area contributed by atoms with E-state index in [0.717, 1.165) is 12.5 Å². The fourth-order valence-corrected chi connectivity index (χ4v) is 2.66. The van der Waals surface area contributed by atoms with Gasteiger partial charge in [-0.3, -0.25) is 4.79 Å². The van der Waals surface area contributed by atoms with Crippen molar-refractivity contribution in [1.29, 1.82) is 0 Å². The van der Waals surface area contributed by atoms with Crippen LogP contribution >= 0.6 is 0 Å². The molecule has 2 N–H and O–H groups in total. The summed E-state index contributed by atoms with van der Waals surface area (Å²) in [7, 11) is -3.02. The van der Waals surface area contributed by atoms with Crippen LogP contribution in [0.15, 0.2) is 0 Å². The highest BCUT2D eigenvalue weighted by Gasteiger charge is 2.21. The van der Waals surface area contributed by atoms with Crippen molar-refractivity contribution in [3.8, 4) is 0 Å². The van der Waals surface area contributed by atoms with Gasteiger partial charge in [0.2, 0.25) is 5.91 Å². The van der Waals surface area contributed by atoms with Gasteiger partial charge in [0.25, 0.3) is 0 Å². The maximum absolute atomic E-state index is 11.5. The van der Waals surface area contributed by atoms with Crippen molar-refractivity contribution in [2.24, 2.45) is 5.92 Å². The molecule has 0 aliphatic heterocycles. The van der Waals surface area contributed by atoms with Gasteiger partial charge < -0.3 is 10.6 Å². The molecular weight excluding hydrogens is 240 g/mol. The fourth-order valence-electron chi connectivity index (χ4n) is 1.58. The van der Waals surface area contributed by atoms with Crippen LogP contribution in [0.3, 0.4) is 0 Å². The minimum atomic E-state index is -3.02. The monoisotopic (exact) mass is 262 g/mol. The van der Waals surface area contributed by atoms with Gasteiger partial charge in [-0.2, -0.15) is 0 Å². The Morgan fingerprint density at radius 1 is 1.41 bits per heavy atom. The highest BCUT2D eigenvalue weighted by Crippen LogP contribution is 2.27. The van der Waals surface area contributed by atoms with E-state index in [1.807, 2.05) is 0 Å². The standard InChI is InChI=1S/C11H22N2O3S/c1-3-17(15,16)8-9(2)13-11(14)7-12-6-10-4-5-10/h9-10,12H,3-8H2,1-2H3,(H,13,14). The Bertz CT molecular complexity index is 350. The minimum absolute atomic E-state index is 0.0118. The molecule has 0 heterocycles. The summed E-state index contributed by atoms with van der Waals surface area (Å²) in [5, 5.41) is 5.75. The van der Waals surface area contributed by atoms with Crippen LogP contribution in [0.4, 0.5) is 0 Å². The molecule has 1 rings (SSSR count). The number of carbonyl (C=O) groups excluding carboxylic acids is 1. The molecule has 0 aromatic carbocycles. The Hall–Kier alpha value is -0.620. The first-order valence-corrected chi connectivity index (χ1v) is 7.95. The molecule has 17 heavy (non-hydrogen) atoms. The van der Waals surface area contributed by atoms with E-state index in [2.05, 4.69) is 10.6 Å². The number of sulfone groups is 1. The predicted octanol–water partition coefficient (Wildman–Crippen LogP) is -0.0746. The lowest BCUT2D eigenvalue weighted by Crippen LogP contribution is -2.42. The quantitative estimate of drug-likeness (QED) is 0.642. The zero-order valence-electron chi connectivity index (χ0n) is 10.5. The topological polar surface area (TPSA) is 75.3 Å². The lowest BCUT2D eigenvalue weighted by Gasteiger charge is -2.13. The molecular formula is C11H22N2O3S. The van der Waals surface area contributed by atoms with Crippen molar-refractivity contribution in [3.05, 3.63) is 0 Å². The molecule has 1 atom stereocenters. The number of amides is 1. The second-order valence-electron chi connectivity index (χ2n) is 4.74. The van der Waals surface area contributed by atoms with Crippen LogP contribution in [0, 0.1) is 5.92 Å². The summed E-state index contributed by atoms with van der Waals surface area (Å²) in [5.41, 5.74) is 0. The molecule has 100 valence electrons. The van der Waals surface area contributed by atoms with Gasteiger partial charge in [0.15, 0.2) is 9.84 Å². The Balaban J connectivity index is 2.15. The van der Waals surface area contributed by atoms with E-state index in [4.69, 9.17) is 0 Å². The average molecular weight is 262 g/mol. The van der Waals surface area contributed by atoms with Crippen molar-refractivity contribution in [2.75, 3.05) is 24.6 Å². The Morgan fingerprint density at radius 2 is 2.06 bits per heavy atom. The van der Waals surface area contributed by atoms with E-state index in [1.165, 1.54) is 12.8 Å². The highest BCUT2D eigenvalue weighted by molar-refractivity contribution is 7.91. The maximum Gasteiger partial charge on any atom is 0.234 e. The predicted molar refractivity (Wildman–Crippen MR) is 67.5 cm³/mol. The van der Waals surface area contributed by atoms with Crippen LogP contribution in [0.2, 0.25) is 0 Å². The van der Waals surface area contributed by atoms with Crippen molar-refractivity contribution >= 4 is 15.7 Å². The Kier molecular flexibility index (Phi) is 5.39. The fraction of sp³-hybridized carbons (Fsp3) is 0.909. The van der Waals surface area contributed by atoms with Gasteiger partial charge in [0, 0.05) is 11.8 Å². The molecule has 1 aliphatic carbocycles. The molecule has 0 aromatic rings. The third kappa shape index (κ3) is 6.63. The highest BCUT2D eigenvalue weighted by atomic mass is 32.2. The molecule has 5 nitrogen and oxygen atoms in total. The second kappa shape index (κ2) is 6.35. The normalized spacial score (nSPS) is 17.8. The number of carbonyl (C=O) groups is 1. The minimum Gasteiger partial charge on any atom is -0.352 e. The van der Waals surface area contributed by atoms with E-state index in [-0.39, 0.29) is 30.0 Å². The first kappa shape index (κ1) is 14.4. The molecule has 1 saturated carbocycles. The van der Waals surface area contributed by atoms with E-state index in [0.29, 0.717) is 0 Å². The van der Waals surface area contributed by atoms with Crippen molar-refractivity contribution < 1.29 is 13.2 Å². The first-order valence-electron chi connectivity index (χ1n) is 6.13. The molecule has 1 aliphatic rings. The van der Waals surface area contributed by atoms with Gasteiger partial charge in [-0.25, -0.2) is 8.42 Å². The lowest BCUT2D eigenvalue weighted by atomic mass is 10.3. The third-order valence-corrected chi connectivity index (χ3v) is 4.65. The second-order valence-corrected chi connectivity index (χ2v) is 7.14. The van der Waals surface area contributed by atoms with E-state index in [9.17, 15) is 13.2 Å². The number of hydrogen-bond donors (Lipinski definition) is 2. The van der Waals surface area contributed by atoms with Gasteiger partial charge in [0.1, 0.15) is 0 Å². The van der Waals surface area contributed by atoms with Crippen molar-refractivity contribution in [3.63, 3.8) is 0 Å². The zero-order chi connectivity index (χ0) is 12.9. The Morgan fingerprint density at radius 3 is 2.59 bits per heavy atom. The van der Waals surface area contributed by atoms with Crippen molar-refractivity contribution in [1.82, 2.24) is 10.6 Å². The first-order chi connectivity index (χ1) is 7.93. The molecule has 0 radical (unpaired) electrons.